The molecule has 1 amide bonds. The SMILES string of the molecule is CC(NC(=O)c1cc(Cl)cc(OC(F)(F)F)c1)c1nccnc1-c1ncccn1. The molecule has 29 heavy (non-hydrogen) atoms. The van der Waals surface area contributed by atoms with Crippen molar-refractivity contribution in [2.75, 3.05) is 0 Å². The highest BCUT2D eigenvalue weighted by atomic mass is 35.5. The number of hydrogen-bond acceptors (Lipinski definition) is 6. The van der Waals surface area contributed by atoms with Gasteiger partial charge in [0.1, 0.15) is 11.4 Å². The van der Waals surface area contributed by atoms with Crippen molar-refractivity contribution >= 4 is 17.5 Å². The molecule has 2 aromatic heterocycles. The van der Waals surface area contributed by atoms with Gasteiger partial charge in [-0.05, 0) is 31.2 Å². The standard InChI is InChI=1S/C18H13ClF3N5O2/c1-10(14-15(24-6-5-23-14)16-25-3-2-4-26-16)27-17(28)11-7-12(19)9-13(8-11)29-18(20,21)22/h2-10H,1H3,(H,27,28). The summed E-state index contributed by atoms with van der Waals surface area (Å²) in [5.41, 5.74) is 0.652. The van der Waals surface area contributed by atoms with Crippen LogP contribution in [0.25, 0.3) is 11.5 Å². The van der Waals surface area contributed by atoms with Gasteiger partial charge in [-0.2, -0.15) is 0 Å². The Morgan fingerprint density at radius 3 is 2.45 bits per heavy atom. The Hall–Kier alpha value is -3.27. The molecule has 3 aromatic rings. The Balaban J connectivity index is 1.84. The molecule has 0 aliphatic heterocycles. The smallest absolute Gasteiger partial charge is 0.406 e. The summed E-state index contributed by atoms with van der Waals surface area (Å²) in [6, 6.07) is 4.12. The fourth-order valence-electron chi connectivity index (χ4n) is 2.49. The van der Waals surface area contributed by atoms with Gasteiger partial charge in [0.05, 0.1) is 11.7 Å². The number of carbonyl (C=O) groups excluding carboxylic acids is 1. The minimum atomic E-state index is -4.91. The van der Waals surface area contributed by atoms with Gasteiger partial charge in [-0.3, -0.25) is 9.78 Å². The molecule has 1 N–H and O–H groups in total. The van der Waals surface area contributed by atoms with Crippen LogP contribution in [-0.4, -0.2) is 32.2 Å². The molecule has 1 unspecified atom stereocenters. The molecule has 0 spiro atoms. The first kappa shape index (κ1) is 20.5. The van der Waals surface area contributed by atoms with E-state index in [-0.39, 0.29) is 10.6 Å². The number of hydrogen-bond donors (Lipinski definition) is 1. The summed E-state index contributed by atoms with van der Waals surface area (Å²) in [5, 5.41) is 2.57. The van der Waals surface area contributed by atoms with E-state index in [9.17, 15) is 18.0 Å². The number of alkyl halides is 3. The van der Waals surface area contributed by atoms with Crippen LogP contribution in [0.3, 0.4) is 0 Å². The lowest BCUT2D eigenvalue weighted by Crippen LogP contribution is -2.28. The maximum Gasteiger partial charge on any atom is 0.573 e. The van der Waals surface area contributed by atoms with Gasteiger partial charge in [-0.15, -0.1) is 13.2 Å². The summed E-state index contributed by atoms with van der Waals surface area (Å²) < 4.78 is 41.2. The van der Waals surface area contributed by atoms with Crippen LogP contribution in [-0.2, 0) is 0 Å². The average molecular weight is 424 g/mol. The van der Waals surface area contributed by atoms with Crippen LogP contribution in [0.4, 0.5) is 13.2 Å². The molecule has 3 rings (SSSR count). The molecule has 150 valence electrons. The van der Waals surface area contributed by atoms with Crippen LogP contribution in [0, 0.1) is 0 Å². The number of carbonyl (C=O) groups is 1. The normalized spacial score (nSPS) is 12.3. The first-order valence-corrected chi connectivity index (χ1v) is 8.56. The minimum Gasteiger partial charge on any atom is -0.406 e. The Morgan fingerprint density at radius 2 is 1.76 bits per heavy atom. The molecule has 0 aliphatic rings. The second-order valence-electron chi connectivity index (χ2n) is 5.78. The number of halogens is 4. The summed E-state index contributed by atoms with van der Waals surface area (Å²) in [7, 11) is 0. The molecule has 0 saturated carbocycles. The Labute approximate surface area is 168 Å². The predicted molar refractivity (Wildman–Crippen MR) is 97.1 cm³/mol. The van der Waals surface area contributed by atoms with Gasteiger partial charge in [0.15, 0.2) is 5.82 Å². The minimum absolute atomic E-state index is 0.0811. The van der Waals surface area contributed by atoms with Crippen molar-refractivity contribution in [2.45, 2.75) is 19.3 Å². The van der Waals surface area contributed by atoms with Gasteiger partial charge in [0, 0.05) is 35.4 Å². The van der Waals surface area contributed by atoms with E-state index in [1.54, 1.807) is 13.0 Å². The van der Waals surface area contributed by atoms with Crippen molar-refractivity contribution in [3.63, 3.8) is 0 Å². The predicted octanol–water partition coefficient (Wildman–Crippen LogP) is 3.98. The van der Waals surface area contributed by atoms with E-state index >= 15 is 0 Å². The van der Waals surface area contributed by atoms with Gasteiger partial charge in [-0.25, -0.2) is 15.0 Å². The second-order valence-corrected chi connectivity index (χ2v) is 6.22. The van der Waals surface area contributed by atoms with Crippen molar-refractivity contribution in [3.05, 3.63) is 65.3 Å². The molecular formula is C18H13ClF3N5O2. The van der Waals surface area contributed by atoms with Crippen molar-refractivity contribution in [3.8, 4) is 17.3 Å². The number of benzene rings is 1. The van der Waals surface area contributed by atoms with Crippen LogP contribution in [0.15, 0.2) is 49.1 Å². The zero-order valence-corrected chi connectivity index (χ0v) is 15.6. The fraction of sp³-hybridized carbons (Fsp3) is 0.167. The second kappa shape index (κ2) is 8.39. The number of nitrogens with one attached hydrogen (secondary N) is 1. The Kier molecular flexibility index (Phi) is 5.92. The van der Waals surface area contributed by atoms with E-state index in [4.69, 9.17) is 11.6 Å². The molecule has 1 atom stereocenters. The van der Waals surface area contributed by atoms with E-state index < -0.39 is 24.1 Å². The molecule has 0 saturated heterocycles. The highest BCUT2D eigenvalue weighted by Crippen LogP contribution is 2.28. The van der Waals surface area contributed by atoms with E-state index in [1.165, 1.54) is 30.9 Å². The first-order valence-electron chi connectivity index (χ1n) is 8.18. The molecule has 0 fully saturated rings. The molecule has 2 heterocycles. The van der Waals surface area contributed by atoms with E-state index in [2.05, 4.69) is 30.0 Å². The van der Waals surface area contributed by atoms with Gasteiger partial charge < -0.3 is 10.1 Å². The summed E-state index contributed by atoms with van der Waals surface area (Å²) in [6.07, 6.45) is 1.08. The van der Waals surface area contributed by atoms with Gasteiger partial charge >= 0.3 is 6.36 Å². The summed E-state index contributed by atoms with van der Waals surface area (Å²) in [5.74, 6) is -0.946. The topological polar surface area (TPSA) is 89.9 Å². The lowest BCUT2D eigenvalue weighted by atomic mass is 10.1. The van der Waals surface area contributed by atoms with Crippen LogP contribution in [0.1, 0.15) is 29.0 Å². The number of amides is 1. The monoisotopic (exact) mass is 423 g/mol. The number of ether oxygens (including phenoxy) is 1. The molecule has 0 aliphatic carbocycles. The Bertz CT molecular complexity index is 1020. The number of nitrogens with zero attached hydrogens (tertiary/aromatic N) is 4. The van der Waals surface area contributed by atoms with E-state index in [1.807, 2.05) is 0 Å². The number of aromatic nitrogens is 4. The average Bonchev–Trinajstić information content (AvgIpc) is 2.66. The van der Waals surface area contributed by atoms with Crippen molar-refractivity contribution < 1.29 is 22.7 Å². The lowest BCUT2D eigenvalue weighted by molar-refractivity contribution is -0.274. The molecule has 7 nitrogen and oxygen atoms in total. The molecular weight excluding hydrogens is 411 g/mol. The van der Waals surface area contributed by atoms with Crippen LogP contribution >= 0.6 is 11.6 Å². The van der Waals surface area contributed by atoms with Crippen LogP contribution in [0.2, 0.25) is 5.02 Å². The van der Waals surface area contributed by atoms with Crippen LogP contribution in [0.5, 0.6) is 5.75 Å². The highest BCUT2D eigenvalue weighted by molar-refractivity contribution is 6.31. The third-order valence-corrected chi connectivity index (χ3v) is 3.85. The maximum absolute atomic E-state index is 12.6. The van der Waals surface area contributed by atoms with Gasteiger partial charge in [0.25, 0.3) is 5.91 Å². The summed E-state index contributed by atoms with van der Waals surface area (Å²) in [4.78, 5) is 29.2. The maximum atomic E-state index is 12.6. The molecule has 0 radical (unpaired) electrons. The largest absolute Gasteiger partial charge is 0.573 e. The van der Waals surface area contributed by atoms with Crippen molar-refractivity contribution in [1.82, 2.24) is 25.3 Å². The zero-order valence-electron chi connectivity index (χ0n) is 14.8. The fourth-order valence-corrected chi connectivity index (χ4v) is 2.72. The first-order chi connectivity index (χ1) is 13.7. The Morgan fingerprint density at radius 1 is 1.07 bits per heavy atom. The van der Waals surface area contributed by atoms with Crippen molar-refractivity contribution in [1.29, 1.82) is 0 Å². The molecule has 11 heteroatoms. The van der Waals surface area contributed by atoms with E-state index in [0.717, 1.165) is 12.1 Å². The number of rotatable bonds is 5. The lowest BCUT2D eigenvalue weighted by Gasteiger charge is -2.16. The van der Waals surface area contributed by atoms with Gasteiger partial charge in [-0.1, -0.05) is 11.6 Å². The summed E-state index contributed by atoms with van der Waals surface area (Å²) >= 11 is 5.82. The third kappa shape index (κ3) is 5.38. The highest BCUT2D eigenvalue weighted by Gasteiger charge is 2.31. The van der Waals surface area contributed by atoms with Crippen molar-refractivity contribution in [2.24, 2.45) is 0 Å². The molecule has 1 aromatic carbocycles. The van der Waals surface area contributed by atoms with Gasteiger partial charge in [0.2, 0.25) is 0 Å². The quantitative estimate of drug-likeness (QED) is 0.667. The van der Waals surface area contributed by atoms with E-state index in [0.29, 0.717) is 17.2 Å². The van der Waals surface area contributed by atoms with Crippen LogP contribution < -0.4 is 10.1 Å². The summed E-state index contributed by atoms with van der Waals surface area (Å²) in [6.45, 7) is 1.64. The molecule has 0 bridgehead atoms. The zero-order chi connectivity index (χ0) is 21.0. The third-order valence-electron chi connectivity index (χ3n) is 3.63.